The molecule has 0 saturated heterocycles. The van der Waals surface area contributed by atoms with Crippen molar-refractivity contribution in [3.8, 4) is 0 Å². The highest BCUT2D eigenvalue weighted by Gasteiger charge is 2.32. The van der Waals surface area contributed by atoms with E-state index >= 15 is 0 Å². The summed E-state index contributed by atoms with van der Waals surface area (Å²) in [6, 6.07) is 2.53. The molecule has 2 N–H and O–H groups in total. The van der Waals surface area contributed by atoms with Crippen molar-refractivity contribution < 1.29 is 35.9 Å². The summed E-state index contributed by atoms with van der Waals surface area (Å²) in [5.74, 6) is -1.33. The second-order valence-corrected chi connectivity index (χ2v) is 4.23. The van der Waals surface area contributed by atoms with E-state index in [0.717, 1.165) is 18.2 Å². The van der Waals surface area contributed by atoms with Gasteiger partial charge in [-0.05, 0) is 18.1 Å². The van der Waals surface area contributed by atoms with Crippen LogP contribution in [0.4, 0.5) is 26.3 Å². The molecule has 0 aliphatic carbocycles. The molecule has 10 heteroatoms. The summed E-state index contributed by atoms with van der Waals surface area (Å²) >= 11 is 0. The lowest BCUT2D eigenvalue weighted by atomic mass is 10.0. The summed E-state index contributed by atoms with van der Waals surface area (Å²) in [6.45, 7) is -1.79. The van der Waals surface area contributed by atoms with E-state index in [1.807, 2.05) is 0 Å². The lowest BCUT2D eigenvalue weighted by Gasteiger charge is -2.14. The lowest BCUT2D eigenvalue weighted by Crippen LogP contribution is -2.36. The van der Waals surface area contributed by atoms with Crippen LogP contribution < -0.4 is 5.73 Å². The third kappa shape index (κ3) is 6.99. The van der Waals surface area contributed by atoms with Crippen molar-refractivity contribution in [3.63, 3.8) is 0 Å². The molecule has 0 radical (unpaired) electrons. The molecule has 0 spiro atoms. The number of hydrogen-bond acceptors (Lipinski definition) is 3. The first-order valence-electron chi connectivity index (χ1n) is 5.64. The minimum absolute atomic E-state index is 0. The van der Waals surface area contributed by atoms with E-state index < -0.39 is 36.5 Å². The second kappa shape index (κ2) is 7.68. The summed E-state index contributed by atoms with van der Waals surface area (Å²) in [5.41, 5.74) is 4.45. The van der Waals surface area contributed by atoms with E-state index in [4.69, 9.17) is 5.73 Å². The Kier molecular flexibility index (Phi) is 7.17. The quantitative estimate of drug-likeness (QED) is 0.670. The molecule has 1 aromatic carbocycles. The Labute approximate surface area is 127 Å². The molecule has 0 saturated carbocycles. The number of halogens is 7. The zero-order valence-corrected chi connectivity index (χ0v) is 11.7. The average Bonchev–Trinajstić information content (AvgIpc) is 2.34. The molecule has 1 aromatic rings. The molecule has 1 rings (SSSR count). The van der Waals surface area contributed by atoms with E-state index in [2.05, 4.69) is 4.74 Å². The van der Waals surface area contributed by atoms with Gasteiger partial charge in [-0.1, -0.05) is 18.2 Å². The Bertz CT molecular complexity index is 503. The molecule has 0 heterocycles. The number of carbonyl (C=O) groups excluding carboxylic acids is 1. The first-order valence-corrected chi connectivity index (χ1v) is 5.64. The van der Waals surface area contributed by atoms with Crippen molar-refractivity contribution in [2.45, 2.75) is 24.8 Å². The molecule has 0 fully saturated rings. The van der Waals surface area contributed by atoms with Crippen molar-refractivity contribution in [3.05, 3.63) is 35.4 Å². The summed E-state index contributed by atoms with van der Waals surface area (Å²) in [4.78, 5) is 11.2. The van der Waals surface area contributed by atoms with Gasteiger partial charge in [-0.25, -0.2) is 0 Å². The fraction of sp³-hybridized carbons (Fsp3) is 0.417. The van der Waals surface area contributed by atoms with Crippen LogP contribution in [0.1, 0.15) is 11.1 Å². The van der Waals surface area contributed by atoms with Crippen molar-refractivity contribution >= 4 is 18.4 Å². The van der Waals surface area contributed by atoms with Gasteiger partial charge in [-0.3, -0.25) is 4.79 Å². The molecule has 0 aliphatic rings. The Balaban J connectivity index is 0.00000441. The van der Waals surface area contributed by atoms with Crippen LogP contribution in [0.3, 0.4) is 0 Å². The third-order valence-corrected chi connectivity index (χ3v) is 2.39. The van der Waals surface area contributed by atoms with E-state index in [1.165, 1.54) is 6.07 Å². The number of benzene rings is 1. The molecule has 1 atom stereocenters. The van der Waals surface area contributed by atoms with Gasteiger partial charge in [0.15, 0.2) is 6.61 Å². The standard InChI is InChI=1S/C12H11F6NO2.ClH/c13-11(14,15)6-21-10(20)9(19)5-7-2-1-3-8(4-7)12(16,17)18;/h1-4,9H,5-6,19H2;1H/t9-;/m0./s1. The number of esters is 1. The Morgan fingerprint density at radius 2 is 1.77 bits per heavy atom. The second-order valence-electron chi connectivity index (χ2n) is 4.23. The highest BCUT2D eigenvalue weighted by atomic mass is 35.5. The molecular formula is C12H12ClF6NO2. The molecular weight excluding hydrogens is 340 g/mol. The largest absolute Gasteiger partial charge is 0.455 e. The topological polar surface area (TPSA) is 52.3 Å². The summed E-state index contributed by atoms with van der Waals surface area (Å²) in [7, 11) is 0. The maximum atomic E-state index is 12.5. The number of hydrogen-bond donors (Lipinski definition) is 1. The van der Waals surface area contributed by atoms with Crippen molar-refractivity contribution in [1.29, 1.82) is 0 Å². The highest BCUT2D eigenvalue weighted by molar-refractivity contribution is 5.85. The molecule has 0 amide bonds. The van der Waals surface area contributed by atoms with Crippen LogP contribution in [0.2, 0.25) is 0 Å². The Hall–Kier alpha value is -1.48. The fourth-order valence-corrected chi connectivity index (χ4v) is 1.47. The number of carbonyl (C=O) groups is 1. The van der Waals surface area contributed by atoms with Crippen LogP contribution in [0, 0.1) is 0 Å². The normalized spacial score (nSPS) is 13.2. The summed E-state index contributed by atoms with van der Waals surface area (Å²) < 4.78 is 76.9. The Morgan fingerprint density at radius 3 is 2.27 bits per heavy atom. The van der Waals surface area contributed by atoms with Gasteiger partial charge < -0.3 is 10.5 Å². The maximum absolute atomic E-state index is 12.5. The first-order chi connectivity index (χ1) is 9.49. The zero-order valence-electron chi connectivity index (χ0n) is 10.9. The van der Waals surface area contributed by atoms with Gasteiger partial charge in [-0.2, -0.15) is 26.3 Å². The van der Waals surface area contributed by atoms with E-state index in [0.29, 0.717) is 0 Å². The molecule has 0 unspecified atom stereocenters. The van der Waals surface area contributed by atoms with Crippen LogP contribution in [0.15, 0.2) is 24.3 Å². The van der Waals surface area contributed by atoms with Crippen molar-refractivity contribution in [2.24, 2.45) is 5.73 Å². The summed E-state index contributed by atoms with van der Waals surface area (Å²) in [6.07, 6.45) is -9.61. The van der Waals surface area contributed by atoms with Gasteiger partial charge in [0.25, 0.3) is 0 Å². The van der Waals surface area contributed by atoms with E-state index in [1.54, 1.807) is 0 Å². The van der Waals surface area contributed by atoms with Gasteiger partial charge in [0.05, 0.1) is 5.56 Å². The average molecular weight is 352 g/mol. The maximum Gasteiger partial charge on any atom is 0.422 e. The van der Waals surface area contributed by atoms with Crippen molar-refractivity contribution in [1.82, 2.24) is 0 Å². The lowest BCUT2D eigenvalue weighted by molar-refractivity contribution is -0.187. The molecule has 22 heavy (non-hydrogen) atoms. The monoisotopic (exact) mass is 351 g/mol. The van der Waals surface area contributed by atoms with E-state index in [9.17, 15) is 31.1 Å². The first kappa shape index (κ1) is 20.5. The number of nitrogens with two attached hydrogens (primary N) is 1. The molecule has 0 aliphatic heterocycles. The van der Waals surface area contributed by atoms with Crippen molar-refractivity contribution in [2.75, 3.05) is 6.61 Å². The SMILES string of the molecule is Cl.N[C@@H](Cc1cccc(C(F)(F)F)c1)C(=O)OCC(F)(F)F. The molecule has 3 nitrogen and oxygen atoms in total. The molecule has 0 bridgehead atoms. The van der Waals surface area contributed by atoms with E-state index in [-0.39, 0.29) is 24.4 Å². The molecule has 0 aromatic heterocycles. The zero-order chi connectivity index (χ0) is 16.3. The molecule has 126 valence electrons. The Morgan fingerprint density at radius 1 is 1.18 bits per heavy atom. The van der Waals surface area contributed by atoms with Gasteiger partial charge in [0.1, 0.15) is 6.04 Å². The van der Waals surface area contributed by atoms with Gasteiger partial charge in [0, 0.05) is 0 Å². The van der Waals surface area contributed by atoms with Gasteiger partial charge >= 0.3 is 18.3 Å². The van der Waals surface area contributed by atoms with Crippen LogP contribution in [-0.2, 0) is 22.1 Å². The van der Waals surface area contributed by atoms with Gasteiger partial charge in [0.2, 0.25) is 0 Å². The summed E-state index contributed by atoms with van der Waals surface area (Å²) in [5, 5.41) is 0. The number of ether oxygens (including phenoxy) is 1. The van der Waals surface area contributed by atoms with Crippen LogP contribution in [0.25, 0.3) is 0 Å². The number of rotatable bonds is 4. The minimum atomic E-state index is -4.69. The highest BCUT2D eigenvalue weighted by Crippen LogP contribution is 2.29. The van der Waals surface area contributed by atoms with Gasteiger partial charge in [-0.15, -0.1) is 12.4 Å². The number of alkyl halides is 6. The predicted molar refractivity (Wildman–Crippen MR) is 67.4 cm³/mol. The van der Waals surface area contributed by atoms with Crippen LogP contribution >= 0.6 is 12.4 Å². The third-order valence-electron chi connectivity index (χ3n) is 2.39. The van der Waals surface area contributed by atoms with Crippen LogP contribution in [-0.4, -0.2) is 24.8 Å². The fourth-order valence-electron chi connectivity index (χ4n) is 1.47. The smallest absolute Gasteiger partial charge is 0.422 e. The minimum Gasteiger partial charge on any atom is -0.455 e. The predicted octanol–water partition coefficient (Wildman–Crippen LogP) is 3.10. The van der Waals surface area contributed by atoms with Crippen LogP contribution in [0.5, 0.6) is 0 Å².